The molecular formula is C19H21FN2O2. The van der Waals surface area contributed by atoms with Crippen molar-refractivity contribution in [2.45, 2.75) is 38.3 Å². The first-order valence-electron chi connectivity index (χ1n) is 8.20. The van der Waals surface area contributed by atoms with Crippen molar-refractivity contribution in [1.82, 2.24) is 10.3 Å². The average molecular weight is 328 g/mol. The Morgan fingerprint density at radius 1 is 1.33 bits per heavy atom. The molecule has 2 heterocycles. The van der Waals surface area contributed by atoms with Crippen LogP contribution in [-0.2, 0) is 16.0 Å². The monoisotopic (exact) mass is 328 g/mol. The third kappa shape index (κ3) is 4.17. The van der Waals surface area contributed by atoms with Crippen LogP contribution in [0.5, 0.6) is 0 Å². The van der Waals surface area contributed by atoms with Crippen molar-refractivity contribution >= 4 is 5.91 Å². The highest BCUT2D eigenvalue weighted by atomic mass is 19.1. The van der Waals surface area contributed by atoms with Crippen LogP contribution < -0.4 is 5.32 Å². The molecule has 1 aliphatic rings. The topological polar surface area (TPSA) is 51.2 Å². The second kappa shape index (κ2) is 7.53. The van der Waals surface area contributed by atoms with Crippen molar-refractivity contribution in [2.75, 3.05) is 6.61 Å². The summed E-state index contributed by atoms with van der Waals surface area (Å²) in [7, 11) is 0. The van der Waals surface area contributed by atoms with E-state index in [-0.39, 0.29) is 30.3 Å². The molecule has 2 atom stereocenters. The van der Waals surface area contributed by atoms with Crippen molar-refractivity contribution in [3.05, 3.63) is 65.2 Å². The highest BCUT2D eigenvalue weighted by Crippen LogP contribution is 2.27. The lowest BCUT2D eigenvalue weighted by atomic mass is 9.98. The Morgan fingerprint density at radius 2 is 2.12 bits per heavy atom. The van der Waals surface area contributed by atoms with Crippen LogP contribution in [0.2, 0.25) is 0 Å². The van der Waals surface area contributed by atoms with Gasteiger partial charge in [-0.15, -0.1) is 0 Å². The van der Waals surface area contributed by atoms with Crippen molar-refractivity contribution in [2.24, 2.45) is 0 Å². The van der Waals surface area contributed by atoms with Gasteiger partial charge < -0.3 is 10.1 Å². The Hall–Kier alpha value is -2.27. The first kappa shape index (κ1) is 16.6. The number of rotatable bonds is 5. The van der Waals surface area contributed by atoms with E-state index in [9.17, 15) is 9.18 Å². The van der Waals surface area contributed by atoms with Gasteiger partial charge in [-0.2, -0.15) is 0 Å². The molecule has 0 spiro atoms. The van der Waals surface area contributed by atoms with Crippen LogP contribution in [0.4, 0.5) is 4.39 Å². The zero-order valence-corrected chi connectivity index (χ0v) is 13.7. The SMILES string of the molecule is Cc1ccc(CC(=O)NC(c2ccc(F)cc2)C2CCCO2)cn1. The predicted octanol–water partition coefficient (Wildman–Crippen LogP) is 3.11. The number of benzene rings is 1. The van der Waals surface area contributed by atoms with E-state index in [0.717, 1.165) is 29.7 Å². The maximum absolute atomic E-state index is 13.2. The number of carbonyl (C=O) groups is 1. The van der Waals surface area contributed by atoms with Gasteiger partial charge in [0.1, 0.15) is 5.82 Å². The molecule has 3 rings (SSSR count). The van der Waals surface area contributed by atoms with Gasteiger partial charge in [-0.1, -0.05) is 18.2 Å². The Balaban J connectivity index is 1.72. The number of aryl methyl sites for hydroxylation is 1. The maximum atomic E-state index is 13.2. The number of aromatic nitrogens is 1. The normalized spacial score (nSPS) is 18.3. The van der Waals surface area contributed by atoms with Gasteiger partial charge in [0.15, 0.2) is 0 Å². The highest BCUT2D eigenvalue weighted by Gasteiger charge is 2.28. The number of amides is 1. The van der Waals surface area contributed by atoms with E-state index in [1.807, 2.05) is 19.1 Å². The van der Waals surface area contributed by atoms with Gasteiger partial charge in [0.05, 0.1) is 18.6 Å². The fourth-order valence-electron chi connectivity index (χ4n) is 2.94. The molecule has 1 fully saturated rings. The minimum absolute atomic E-state index is 0.0736. The molecule has 0 bridgehead atoms. The van der Waals surface area contributed by atoms with Crippen LogP contribution in [0.25, 0.3) is 0 Å². The lowest BCUT2D eigenvalue weighted by molar-refractivity contribution is -0.122. The number of pyridine rings is 1. The van der Waals surface area contributed by atoms with E-state index in [0.29, 0.717) is 6.61 Å². The van der Waals surface area contributed by atoms with Crippen LogP contribution >= 0.6 is 0 Å². The van der Waals surface area contributed by atoms with Crippen molar-refractivity contribution < 1.29 is 13.9 Å². The smallest absolute Gasteiger partial charge is 0.225 e. The van der Waals surface area contributed by atoms with E-state index in [1.54, 1.807) is 18.3 Å². The minimum atomic E-state index is -0.290. The first-order chi connectivity index (χ1) is 11.6. The molecule has 126 valence electrons. The lowest BCUT2D eigenvalue weighted by Crippen LogP contribution is -2.37. The fraction of sp³-hybridized carbons (Fsp3) is 0.368. The standard InChI is InChI=1S/C19H21FN2O2/c1-13-4-5-14(12-21-13)11-18(23)22-19(17-3-2-10-24-17)15-6-8-16(20)9-7-15/h4-9,12,17,19H,2-3,10-11H2,1H3,(H,22,23). The molecule has 0 radical (unpaired) electrons. The molecule has 1 saturated heterocycles. The summed E-state index contributed by atoms with van der Waals surface area (Å²) in [5, 5.41) is 3.04. The van der Waals surface area contributed by atoms with Gasteiger partial charge in [-0.25, -0.2) is 4.39 Å². The van der Waals surface area contributed by atoms with Gasteiger partial charge in [0, 0.05) is 18.5 Å². The molecule has 24 heavy (non-hydrogen) atoms. The van der Waals surface area contributed by atoms with Gasteiger partial charge in [0.2, 0.25) is 5.91 Å². The van der Waals surface area contributed by atoms with E-state index < -0.39 is 0 Å². The zero-order chi connectivity index (χ0) is 16.9. The molecule has 2 unspecified atom stereocenters. The first-order valence-corrected chi connectivity index (χ1v) is 8.20. The molecule has 1 N–H and O–H groups in total. The Kier molecular flexibility index (Phi) is 5.20. The number of nitrogens with one attached hydrogen (secondary N) is 1. The second-order valence-corrected chi connectivity index (χ2v) is 6.13. The molecule has 1 aromatic heterocycles. The zero-order valence-electron chi connectivity index (χ0n) is 13.7. The average Bonchev–Trinajstić information content (AvgIpc) is 3.10. The van der Waals surface area contributed by atoms with E-state index >= 15 is 0 Å². The number of nitrogens with zero attached hydrogens (tertiary/aromatic N) is 1. The molecule has 4 nitrogen and oxygen atoms in total. The van der Waals surface area contributed by atoms with Crippen LogP contribution in [0.1, 0.15) is 35.7 Å². The second-order valence-electron chi connectivity index (χ2n) is 6.13. The molecule has 1 amide bonds. The highest BCUT2D eigenvalue weighted by molar-refractivity contribution is 5.79. The largest absolute Gasteiger partial charge is 0.376 e. The van der Waals surface area contributed by atoms with Crippen LogP contribution in [0, 0.1) is 12.7 Å². The number of ether oxygens (including phenoxy) is 1. The third-order valence-corrected chi connectivity index (χ3v) is 4.22. The number of halogens is 1. The Bertz CT molecular complexity index is 680. The summed E-state index contributed by atoms with van der Waals surface area (Å²) in [5.74, 6) is -0.382. The molecule has 1 aromatic carbocycles. The number of hydrogen-bond donors (Lipinski definition) is 1. The predicted molar refractivity (Wildman–Crippen MR) is 88.9 cm³/mol. The summed E-state index contributed by atoms with van der Waals surface area (Å²) in [5.41, 5.74) is 2.64. The van der Waals surface area contributed by atoms with Gasteiger partial charge in [-0.3, -0.25) is 9.78 Å². The van der Waals surface area contributed by atoms with Gasteiger partial charge in [-0.05, 0) is 49.1 Å². The summed E-state index contributed by atoms with van der Waals surface area (Å²) in [6, 6.07) is 9.76. The molecule has 0 aliphatic carbocycles. The van der Waals surface area contributed by atoms with Crippen LogP contribution in [0.3, 0.4) is 0 Å². The molecule has 1 aliphatic heterocycles. The Morgan fingerprint density at radius 3 is 2.75 bits per heavy atom. The van der Waals surface area contributed by atoms with Crippen molar-refractivity contribution in [3.63, 3.8) is 0 Å². The molecule has 5 heteroatoms. The molecular weight excluding hydrogens is 307 g/mol. The van der Waals surface area contributed by atoms with Crippen LogP contribution in [-0.4, -0.2) is 23.6 Å². The van der Waals surface area contributed by atoms with Crippen molar-refractivity contribution in [1.29, 1.82) is 0 Å². The van der Waals surface area contributed by atoms with Gasteiger partial charge >= 0.3 is 0 Å². The van der Waals surface area contributed by atoms with Crippen molar-refractivity contribution in [3.8, 4) is 0 Å². The van der Waals surface area contributed by atoms with E-state index in [1.165, 1.54) is 12.1 Å². The third-order valence-electron chi connectivity index (χ3n) is 4.22. The molecule has 0 saturated carbocycles. The van der Waals surface area contributed by atoms with E-state index in [2.05, 4.69) is 10.3 Å². The fourth-order valence-corrected chi connectivity index (χ4v) is 2.94. The minimum Gasteiger partial charge on any atom is -0.376 e. The maximum Gasteiger partial charge on any atom is 0.225 e. The molecule has 2 aromatic rings. The number of carbonyl (C=O) groups excluding carboxylic acids is 1. The summed E-state index contributed by atoms with van der Waals surface area (Å²) in [4.78, 5) is 16.6. The summed E-state index contributed by atoms with van der Waals surface area (Å²) in [6.07, 6.45) is 3.76. The van der Waals surface area contributed by atoms with E-state index in [4.69, 9.17) is 4.74 Å². The van der Waals surface area contributed by atoms with Crippen LogP contribution in [0.15, 0.2) is 42.6 Å². The quantitative estimate of drug-likeness (QED) is 0.917. The summed E-state index contributed by atoms with van der Waals surface area (Å²) in [6.45, 7) is 2.60. The summed E-state index contributed by atoms with van der Waals surface area (Å²) >= 11 is 0. The summed E-state index contributed by atoms with van der Waals surface area (Å²) < 4.78 is 18.9. The lowest BCUT2D eigenvalue weighted by Gasteiger charge is -2.25. The van der Waals surface area contributed by atoms with Gasteiger partial charge in [0.25, 0.3) is 0 Å². The number of hydrogen-bond acceptors (Lipinski definition) is 3. The Labute approximate surface area is 141 Å².